The molecule has 2 aromatic rings. The molecule has 0 aliphatic rings. The molecule has 0 atom stereocenters. The van der Waals surface area contributed by atoms with Crippen molar-refractivity contribution in [2.45, 2.75) is 6.54 Å². The van der Waals surface area contributed by atoms with E-state index in [4.69, 9.17) is 5.11 Å². The average molecular weight is 264 g/mol. The molecule has 0 aliphatic carbocycles. The second kappa shape index (κ2) is 5.43. The molecule has 0 fully saturated rings. The summed E-state index contributed by atoms with van der Waals surface area (Å²) >= 11 is 0. The summed E-state index contributed by atoms with van der Waals surface area (Å²) in [6.07, 6.45) is 0. The highest BCUT2D eigenvalue weighted by atomic mass is 19.2. The van der Waals surface area contributed by atoms with Crippen molar-refractivity contribution in [1.29, 1.82) is 0 Å². The van der Waals surface area contributed by atoms with Gasteiger partial charge >= 0.3 is 5.97 Å². The molecule has 98 valence electrons. The van der Waals surface area contributed by atoms with E-state index in [1.54, 1.807) is 6.07 Å². The van der Waals surface area contributed by atoms with Crippen LogP contribution in [-0.2, 0) is 6.54 Å². The van der Waals surface area contributed by atoms with Gasteiger partial charge in [0.05, 0.1) is 17.9 Å². The highest BCUT2D eigenvalue weighted by Gasteiger charge is 2.08. The maximum atomic E-state index is 13.4. The maximum absolute atomic E-state index is 13.4. The summed E-state index contributed by atoms with van der Waals surface area (Å²) in [4.78, 5) is 14.6. The molecule has 1 aromatic heterocycles. The first-order valence-electron chi connectivity index (χ1n) is 5.45. The number of benzene rings is 1. The quantitative estimate of drug-likeness (QED) is 0.891. The Hall–Kier alpha value is -2.50. The molecule has 0 saturated carbocycles. The second-order valence-corrected chi connectivity index (χ2v) is 3.77. The highest BCUT2D eigenvalue weighted by Crippen LogP contribution is 2.17. The fraction of sp³-hybridized carbons (Fsp3) is 0.0769. The molecule has 0 aliphatic heterocycles. The molecule has 2 N–H and O–H groups in total. The third-order valence-corrected chi connectivity index (χ3v) is 2.44. The number of nitrogens with one attached hydrogen (secondary N) is 1. The van der Waals surface area contributed by atoms with E-state index in [2.05, 4.69) is 10.3 Å². The van der Waals surface area contributed by atoms with Gasteiger partial charge in [0.2, 0.25) is 0 Å². The van der Waals surface area contributed by atoms with Gasteiger partial charge in [-0.2, -0.15) is 0 Å². The zero-order valence-corrected chi connectivity index (χ0v) is 9.73. The molecule has 0 bridgehead atoms. The van der Waals surface area contributed by atoms with E-state index in [1.807, 2.05) is 0 Å². The number of hydrogen-bond acceptors (Lipinski definition) is 3. The summed E-state index contributed by atoms with van der Waals surface area (Å²) in [5.41, 5.74) is 0.324. The number of carboxylic acid groups (broad SMARTS) is 1. The molecule has 1 heterocycles. The van der Waals surface area contributed by atoms with Crippen molar-refractivity contribution in [2.75, 3.05) is 5.32 Å². The van der Waals surface area contributed by atoms with E-state index >= 15 is 0 Å². The number of carboxylic acids is 1. The standard InChI is InChI=1S/C13H10F2N2O2/c14-9-4-2-5-10(12(9)15)16-7-8-3-1-6-11(17-8)13(18)19/h1-6,16H,7H2,(H,18,19). The lowest BCUT2D eigenvalue weighted by atomic mass is 10.2. The van der Waals surface area contributed by atoms with E-state index in [0.717, 1.165) is 6.07 Å². The number of rotatable bonds is 4. The summed E-state index contributed by atoms with van der Waals surface area (Å²) in [6, 6.07) is 8.27. The Balaban J connectivity index is 2.12. The lowest BCUT2D eigenvalue weighted by Gasteiger charge is -2.07. The fourth-order valence-corrected chi connectivity index (χ4v) is 1.52. The minimum Gasteiger partial charge on any atom is -0.477 e. The van der Waals surface area contributed by atoms with Crippen LogP contribution < -0.4 is 5.32 Å². The van der Waals surface area contributed by atoms with Crippen LogP contribution in [0.3, 0.4) is 0 Å². The third-order valence-electron chi connectivity index (χ3n) is 2.44. The Morgan fingerprint density at radius 1 is 1.21 bits per heavy atom. The van der Waals surface area contributed by atoms with Crippen LogP contribution in [0.25, 0.3) is 0 Å². The van der Waals surface area contributed by atoms with Crippen LogP contribution in [0.5, 0.6) is 0 Å². The van der Waals surface area contributed by atoms with Crippen molar-refractivity contribution >= 4 is 11.7 Å². The van der Waals surface area contributed by atoms with Crippen LogP contribution >= 0.6 is 0 Å². The predicted octanol–water partition coefficient (Wildman–Crippen LogP) is 2.67. The topological polar surface area (TPSA) is 62.2 Å². The Morgan fingerprint density at radius 3 is 2.68 bits per heavy atom. The predicted molar refractivity (Wildman–Crippen MR) is 64.9 cm³/mol. The first kappa shape index (κ1) is 12.9. The SMILES string of the molecule is O=C(O)c1cccc(CNc2cccc(F)c2F)n1. The van der Waals surface area contributed by atoms with Crippen LogP contribution in [0.4, 0.5) is 14.5 Å². The number of aromatic carboxylic acids is 1. The molecule has 2 rings (SSSR count). The normalized spacial score (nSPS) is 10.2. The zero-order valence-electron chi connectivity index (χ0n) is 9.73. The molecule has 0 spiro atoms. The van der Waals surface area contributed by atoms with Crippen LogP contribution in [0.2, 0.25) is 0 Å². The van der Waals surface area contributed by atoms with Gasteiger partial charge in [-0.3, -0.25) is 0 Å². The number of carbonyl (C=O) groups is 1. The van der Waals surface area contributed by atoms with Gasteiger partial charge in [-0.05, 0) is 24.3 Å². The van der Waals surface area contributed by atoms with Crippen molar-refractivity contribution in [3.8, 4) is 0 Å². The summed E-state index contributed by atoms with van der Waals surface area (Å²) in [6.45, 7) is 0.0987. The van der Waals surface area contributed by atoms with Gasteiger partial charge < -0.3 is 10.4 Å². The third kappa shape index (κ3) is 3.04. The smallest absolute Gasteiger partial charge is 0.354 e. The molecule has 4 nitrogen and oxygen atoms in total. The maximum Gasteiger partial charge on any atom is 0.354 e. The summed E-state index contributed by atoms with van der Waals surface area (Å²) in [5, 5.41) is 11.4. The van der Waals surface area contributed by atoms with Crippen molar-refractivity contribution in [1.82, 2.24) is 4.98 Å². The number of aromatic nitrogens is 1. The number of hydrogen-bond donors (Lipinski definition) is 2. The lowest BCUT2D eigenvalue weighted by Crippen LogP contribution is -2.07. The van der Waals surface area contributed by atoms with Crippen LogP contribution in [0.1, 0.15) is 16.2 Å². The van der Waals surface area contributed by atoms with Gasteiger partial charge in [-0.1, -0.05) is 12.1 Å². The molecule has 1 aromatic carbocycles. The highest BCUT2D eigenvalue weighted by molar-refractivity contribution is 5.85. The molecular weight excluding hydrogens is 254 g/mol. The molecule has 0 amide bonds. The minimum atomic E-state index is -1.14. The fourth-order valence-electron chi connectivity index (χ4n) is 1.52. The van der Waals surface area contributed by atoms with Gasteiger partial charge in [0.1, 0.15) is 5.69 Å². The van der Waals surface area contributed by atoms with Crippen molar-refractivity contribution in [3.63, 3.8) is 0 Å². The van der Waals surface area contributed by atoms with Gasteiger partial charge in [-0.25, -0.2) is 18.6 Å². The number of nitrogens with zero attached hydrogens (tertiary/aromatic N) is 1. The van der Waals surface area contributed by atoms with Gasteiger partial charge in [0, 0.05) is 0 Å². The first-order valence-corrected chi connectivity index (χ1v) is 5.45. The first-order chi connectivity index (χ1) is 9.08. The Labute approximate surface area is 107 Å². The average Bonchev–Trinajstić information content (AvgIpc) is 2.41. The van der Waals surface area contributed by atoms with E-state index in [9.17, 15) is 13.6 Å². The summed E-state index contributed by atoms with van der Waals surface area (Å²) in [5.74, 6) is -3.06. The monoisotopic (exact) mass is 264 g/mol. The molecular formula is C13H10F2N2O2. The second-order valence-electron chi connectivity index (χ2n) is 3.77. The van der Waals surface area contributed by atoms with Gasteiger partial charge in [0.15, 0.2) is 11.6 Å². The Bertz CT molecular complexity index is 617. The van der Waals surface area contributed by atoms with E-state index in [1.165, 1.54) is 24.3 Å². The van der Waals surface area contributed by atoms with E-state index in [-0.39, 0.29) is 17.9 Å². The molecule has 0 unspecified atom stereocenters. The minimum absolute atomic E-state index is 0.00234. The molecule has 6 heteroatoms. The van der Waals surface area contributed by atoms with Gasteiger partial charge in [-0.15, -0.1) is 0 Å². The van der Waals surface area contributed by atoms with Crippen LogP contribution in [0.15, 0.2) is 36.4 Å². The Morgan fingerprint density at radius 2 is 1.95 bits per heavy atom. The van der Waals surface area contributed by atoms with Crippen LogP contribution in [-0.4, -0.2) is 16.1 Å². The lowest BCUT2D eigenvalue weighted by molar-refractivity contribution is 0.0690. The van der Waals surface area contributed by atoms with Crippen molar-refractivity contribution in [3.05, 3.63) is 59.4 Å². The number of halogens is 2. The molecule has 0 radical (unpaired) electrons. The van der Waals surface area contributed by atoms with Crippen LogP contribution in [0, 0.1) is 11.6 Å². The van der Waals surface area contributed by atoms with Crippen molar-refractivity contribution < 1.29 is 18.7 Å². The summed E-state index contributed by atoms with van der Waals surface area (Å²) in [7, 11) is 0. The largest absolute Gasteiger partial charge is 0.477 e. The Kier molecular flexibility index (Phi) is 3.70. The molecule has 0 saturated heterocycles. The van der Waals surface area contributed by atoms with Crippen molar-refractivity contribution in [2.24, 2.45) is 0 Å². The summed E-state index contributed by atoms with van der Waals surface area (Å²) < 4.78 is 26.3. The van der Waals surface area contributed by atoms with E-state index in [0.29, 0.717) is 5.69 Å². The van der Waals surface area contributed by atoms with Gasteiger partial charge in [0.25, 0.3) is 0 Å². The number of anilines is 1. The zero-order chi connectivity index (χ0) is 13.8. The number of pyridine rings is 1. The van der Waals surface area contributed by atoms with E-state index < -0.39 is 17.6 Å². The molecule has 19 heavy (non-hydrogen) atoms.